The second-order valence-electron chi connectivity index (χ2n) is 5.10. The van der Waals surface area contributed by atoms with Gasteiger partial charge in [-0.3, -0.25) is 9.36 Å². The van der Waals surface area contributed by atoms with Gasteiger partial charge in [0.2, 0.25) is 11.6 Å². The fourth-order valence-electron chi connectivity index (χ4n) is 2.57. The molecule has 8 heteroatoms. The lowest BCUT2D eigenvalue weighted by molar-refractivity contribution is 0.0515. The SMILES string of the molecule is CCOC(=O)c1nnc2n(c1=O)CCN2c1ccc(OCC)cc1. The Morgan fingerprint density at radius 2 is 1.88 bits per heavy atom. The summed E-state index contributed by atoms with van der Waals surface area (Å²) in [6.07, 6.45) is 0. The summed E-state index contributed by atoms with van der Waals surface area (Å²) in [6.45, 7) is 5.38. The Balaban J connectivity index is 1.91. The highest BCUT2D eigenvalue weighted by atomic mass is 16.5. The van der Waals surface area contributed by atoms with Gasteiger partial charge in [-0.05, 0) is 38.1 Å². The monoisotopic (exact) mass is 330 g/mol. The van der Waals surface area contributed by atoms with Crippen LogP contribution in [0.25, 0.3) is 0 Å². The van der Waals surface area contributed by atoms with Gasteiger partial charge in [0.1, 0.15) is 5.75 Å². The molecule has 3 rings (SSSR count). The van der Waals surface area contributed by atoms with Crippen molar-refractivity contribution in [3.63, 3.8) is 0 Å². The molecule has 0 aliphatic carbocycles. The summed E-state index contributed by atoms with van der Waals surface area (Å²) >= 11 is 0. The molecule has 0 saturated heterocycles. The third kappa shape index (κ3) is 2.82. The second-order valence-corrected chi connectivity index (χ2v) is 5.10. The van der Waals surface area contributed by atoms with Crippen LogP contribution in [-0.2, 0) is 11.3 Å². The number of rotatable bonds is 5. The van der Waals surface area contributed by atoms with E-state index in [1.165, 1.54) is 4.57 Å². The largest absolute Gasteiger partial charge is 0.494 e. The predicted molar refractivity (Wildman–Crippen MR) is 86.9 cm³/mol. The van der Waals surface area contributed by atoms with Crippen LogP contribution in [0.1, 0.15) is 24.3 Å². The number of aromatic nitrogens is 3. The summed E-state index contributed by atoms with van der Waals surface area (Å²) in [5, 5.41) is 7.81. The molecule has 0 fully saturated rings. The normalized spacial score (nSPS) is 12.8. The van der Waals surface area contributed by atoms with Crippen LogP contribution in [0.2, 0.25) is 0 Å². The number of benzene rings is 1. The molecule has 0 unspecified atom stereocenters. The summed E-state index contributed by atoms with van der Waals surface area (Å²) in [6, 6.07) is 7.51. The van der Waals surface area contributed by atoms with Crippen molar-refractivity contribution in [2.24, 2.45) is 0 Å². The average molecular weight is 330 g/mol. The number of nitrogens with zero attached hydrogens (tertiary/aromatic N) is 4. The Kier molecular flexibility index (Phi) is 4.45. The number of esters is 1. The molecule has 2 heterocycles. The first-order valence-corrected chi connectivity index (χ1v) is 7.80. The Morgan fingerprint density at radius 3 is 2.54 bits per heavy atom. The highest BCUT2D eigenvalue weighted by molar-refractivity contribution is 5.86. The lowest BCUT2D eigenvalue weighted by Gasteiger charge is -2.17. The zero-order chi connectivity index (χ0) is 17.1. The van der Waals surface area contributed by atoms with E-state index >= 15 is 0 Å². The van der Waals surface area contributed by atoms with Gasteiger partial charge >= 0.3 is 5.97 Å². The molecule has 1 aliphatic rings. The molecule has 24 heavy (non-hydrogen) atoms. The average Bonchev–Trinajstić information content (AvgIpc) is 3.01. The van der Waals surface area contributed by atoms with Gasteiger partial charge in [0.15, 0.2) is 0 Å². The van der Waals surface area contributed by atoms with Crippen LogP contribution in [0.4, 0.5) is 11.6 Å². The number of hydrogen-bond donors (Lipinski definition) is 0. The molecular weight excluding hydrogens is 312 g/mol. The minimum atomic E-state index is -0.746. The highest BCUT2D eigenvalue weighted by Gasteiger charge is 2.27. The quantitative estimate of drug-likeness (QED) is 0.765. The fraction of sp³-hybridized carbons (Fsp3) is 0.375. The summed E-state index contributed by atoms with van der Waals surface area (Å²) in [5.74, 6) is 0.448. The number of carbonyl (C=O) groups is 1. The molecule has 0 bridgehead atoms. The molecular formula is C16H18N4O4. The maximum Gasteiger partial charge on any atom is 0.364 e. The van der Waals surface area contributed by atoms with Crippen molar-refractivity contribution < 1.29 is 14.3 Å². The first-order chi connectivity index (χ1) is 11.7. The maximum absolute atomic E-state index is 12.4. The van der Waals surface area contributed by atoms with Crippen LogP contribution >= 0.6 is 0 Å². The number of anilines is 2. The molecule has 0 radical (unpaired) electrons. The molecule has 0 N–H and O–H groups in total. The van der Waals surface area contributed by atoms with E-state index in [2.05, 4.69) is 10.2 Å². The first-order valence-electron chi connectivity index (χ1n) is 7.80. The van der Waals surface area contributed by atoms with Crippen molar-refractivity contribution in [3.8, 4) is 5.75 Å². The molecule has 2 aromatic rings. The van der Waals surface area contributed by atoms with Gasteiger partial charge in [-0.1, -0.05) is 0 Å². The third-order valence-corrected chi connectivity index (χ3v) is 3.65. The van der Waals surface area contributed by atoms with Crippen LogP contribution in [0.5, 0.6) is 5.75 Å². The van der Waals surface area contributed by atoms with Gasteiger partial charge in [-0.15, -0.1) is 10.2 Å². The van der Waals surface area contributed by atoms with Crippen molar-refractivity contribution in [1.29, 1.82) is 0 Å². The number of carbonyl (C=O) groups excluding carboxylic acids is 1. The summed E-state index contributed by atoms with van der Waals surface area (Å²) < 4.78 is 11.7. The predicted octanol–water partition coefficient (Wildman–Crippen LogP) is 1.37. The van der Waals surface area contributed by atoms with E-state index in [0.717, 1.165) is 11.4 Å². The third-order valence-electron chi connectivity index (χ3n) is 3.65. The van der Waals surface area contributed by atoms with E-state index in [1.807, 2.05) is 36.1 Å². The molecule has 1 aliphatic heterocycles. The van der Waals surface area contributed by atoms with E-state index < -0.39 is 11.5 Å². The zero-order valence-corrected chi connectivity index (χ0v) is 13.6. The van der Waals surface area contributed by atoms with Gasteiger partial charge in [-0.25, -0.2) is 4.79 Å². The highest BCUT2D eigenvalue weighted by Crippen LogP contribution is 2.28. The standard InChI is InChI=1S/C16H18N4O4/c1-3-23-12-7-5-11(6-8-12)19-9-10-20-14(21)13(15(22)24-4-2)17-18-16(19)20/h5-8H,3-4,9-10H2,1-2H3. The zero-order valence-electron chi connectivity index (χ0n) is 13.6. The molecule has 0 amide bonds. The van der Waals surface area contributed by atoms with Crippen molar-refractivity contribution >= 4 is 17.6 Å². The molecule has 1 aromatic heterocycles. The number of ether oxygens (including phenoxy) is 2. The van der Waals surface area contributed by atoms with Crippen molar-refractivity contribution in [2.75, 3.05) is 24.7 Å². The van der Waals surface area contributed by atoms with Crippen LogP contribution in [-0.4, -0.2) is 40.5 Å². The Hall–Kier alpha value is -2.90. The topological polar surface area (TPSA) is 86.5 Å². The van der Waals surface area contributed by atoms with Gasteiger partial charge < -0.3 is 14.4 Å². The lowest BCUT2D eigenvalue weighted by atomic mass is 10.3. The number of hydrogen-bond acceptors (Lipinski definition) is 7. The van der Waals surface area contributed by atoms with E-state index in [4.69, 9.17) is 9.47 Å². The Labute approximate surface area is 138 Å². The van der Waals surface area contributed by atoms with Gasteiger partial charge in [0.25, 0.3) is 5.56 Å². The Morgan fingerprint density at radius 1 is 1.12 bits per heavy atom. The Bertz CT molecular complexity index is 801. The maximum atomic E-state index is 12.4. The number of fused-ring (bicyclic) bond motifs is 1. The van der Waals surface area contributed by atoms with E-state index in [9.17, 15) is 9.59 Å². The lowest BCUT2D eigenvalue weighted by Crippen LogP contribution is -2.29. The van der Waals surface area contributed by atoms with Gasteiger partial charge in [0, 0.05) is 18.8 Å². The van der Waals surface area contributed by atoms with Crippen LogP contribution in [0.15, 0.2) is 29.1 Å². The summed E-state index contributed by atoms with van der Waals surface area (Å²) in [7, 11) is 0. The summed E-state index contributed by atoms with van der Waals surface area (Å²) in [4.78, 5) is 26.0. The van der Waals surface area contributed by atoms with Crippen molar-refractivity contribution in [1.82, 2.24) is 14.8 Å². The van der Waals surface area contributed by atoms with E-state index in [-0.39, 0.29) is 12.3 Å². The smallest absolute Gasteiger partial charge is 0.364 e. The minimum absolute atomic E-state index is 0.181. The summed E-state index contributed by atoms with van der Waals surface area (Å²) in [5.41, 5.74) is 0.114. The molecule has 0 spiro atoms. The van der Waals surface area contributed by atoms with Crippen LogP contribution in [0.3, 0.4) is 0 Å². The first kappa shape index (κ1) is 16.0. The fourth-order valence-corrected chi connectivity index (χ4v) is 2.57. The van der Waals surface area contributed by atoms with Gasteiger partial charge in [-0.2, -0.15) is 0 Å². The van der Waals surface area contributed by atoms with Crippen LogP contribution in [0, 0.1) is 0 Å². The minimum Gasteiger partial charge on any atom is -0.494 e. The van der Waals surface area contributed by atoms with Crippen LogP contribution < -0.4 is 15.2 Å². The molecule has 0 atom stereocenters. The molecule has 8 nitrogen and oxygen atoms in total. The van der Waals surface area contributed by atoms with E-state index in [0.29, 0.717) is 25.6 Å². The van der Waals surface area contributed by atoms with Crippen molar-refractivity contribution in [3.05, 3.63) is 40.3 Å². The van der Waals surface area contributed by atoms with E-state index in [1.54, 1.807) is 6.92 Å². The van der Waals surface area contributed by atoms with Crippen molar-refractivity contribution in [2.45, 2.75) is 20.4 Å². The molecule has 1 aromatic carbocycles. The molecule has 126 valence electrons. The van der Waals surface area contributed by atoms with Gasteiger partial charge in [0.05, 0.1) is 13.2 Å². The molecule has 0 saturated carbocycles. The second kappa shape index (κ2) is 6.69.